The highest BCUT2D eigenvalue weighted by molar-refractivity contribution is 8.14. The normalized spacial score (nSPS) is 33.2. The number of carbonyl (C=O) groups excluding carboxylic acids is 1. The zero-order valence-electron chi connectivity index (χ0n) is 5.68. The SMILES string of the molecule is CC1(C)CSC(=O)C1N. The smallest absolute Gasteiger partial charge is 0.206 e. The predicted octanol–water partition coefficient (Wildman–Crippen LogP) is 0.613. The predicted molar refractivity (Wildman–Crippen MR) is 39.2 cm³/mol. The number of carbonyl (C=O) groups is 1. The van der Waals surface area contributed by atoms with Crippen LogP contribution in [0.4, 0.5) is 0 Å². The van der Waals surface area contributed by atoms with Crippen molar-refractivity contribution in [2.24, 2.45) is 11.1 Å². The molecule has 1 saturated heterocycles. The lowest BCUT2D eigenvalue weighted by Gasteiger charge is -2.19. The Morgan fingerprint density at radius 3 is 2.44 bits per heavy atom. The van der Waals surface area contributed by atoms with Crippen molar-refractivity contribution in [2.75, 3.05) is 5.75 Å². The van der Waals surface area contributed by atoms with Gasteiger partial charge in [-0.25, -0.2) is 0 Å². The summed E-state index contributed by atoms with van der Waals surface area (Å²) in [5, 5.41) is 0.139. The summed E-state index contributed by atoms with van der Waals surface area (Å²) in [6, 6.07) is -0.248. The Hall–Kier alpha value is -0.0200. The van der Waals surface area contributed by atoms with Crippen LogP contribution in [0.2, 0.25) is 0 Å². The van der Waals surface area contributed by atoms with Gasteiger partial charge in [0.15, 0.2) is 0 Å². The number of thioether (sulfide) groups is 1. The van der Waals surface area contributed by atoms with Crippen LogP contribution in [0.1, 0.15) is 13.8 Å². The van der Waals surface area contributed by atoms with Gasteiger partial charge in [0, 0.05) is 5.75 Å². The maximum Gasteiger partial charge on any atom is 0.206 e. The monoisotopic (exact) mass is 145 g/mol. The topological polar surface area (TPSA) is 43.1 Å². The molecule has 0 amide bonds. The van der Waals surface area contributed by atoms with Crippen LogP contribution in [0.5, 0.6) is 0 Å². The number of hydrogen-bond donors (Lipinski definition) is 1. The molecule has 2 nitrogen and oxygen atoms in total. The minimum Gasteiger partial charge on any atom is -0.320 e. The van der Waals surface area contributed by atoms with Crippen LogP contribution in [-0.4, -0.2) is 16.9 Å². The number of nitrogens with two attached hydrogens (primary N) is 1. The Morgan fingerprint density at radius 1 is 1.78 bits per heavy atom. The Kier molecular flexibility index (Phi) is 1.57. The van der Waals surface area contributed by atoms with Crippen LogP contribution in [0.15, 0.2) is 0 Å². The van der Waals surface area contributed by atoms with Crippen molar-refractivity contribution in [2.45, 2.75) is 19.9 Å². The molecule has 0 radical (unpaired) electrons. The molecular weight excluding hydrogens is 134 g/mol. The molecular formula is C6H11NOS. The minimum atomic E-state index is -0.248. The molecule has 2 N–H and O–H groups in total. The average Bonchev–Trinajstić information content (AvgIpc) is 1.97. The second kappa shape index (κ2) is 1.99. The van der Waals surface area contributed by atoms with Crippen molar-refractivity contribution >= 4 is 16.9 Å². The summed E-state index contributed by atoms with van der Waals surface area (Å²) in [6.07, 6.45) is 0. The fourth-order valence-corrected chi connectivity index (χ4v) is 1.95. The van der Waals surface area contributed by atoms with E-state index in [0.717, 1.165) is 5.75 Å². The van der Waals surface area contributed by atoms with Gasteiger partial charge in [0.2, 0.25) is 5.12 Å². The van der Waals surface area contributed by atoms with Gasteiger partial charge in [0.05, 0.1) is 6.04 Å². The molecule has 0 saturated carbocycles. The highest BCUT2D eigenvalue weighted by Gasteiger charge is 2.38. The molecule has 0 aromatic heterocycles. The summed E-state index contributed by atoms with van der Waals surface area (Å²) in [4.78, 5) is 10.8. The van der Waals surface area contributed by atoms with Gasteiger partial charge in [-0.2, -0.15) is 0 Å². The lowest BCUT2D eigenvalue weighted by Crippen LogP contribution is -2.37. The van der Waals surface area contributed by atoms with E-state index < -0.39 is 0 Å². The maximum atomic E-state index is 10.8. The molecule has 0 spiro atoms. The van der Waals surface area contributed by atoms with E-state index in [0.29, 0.717) is 0 Å². The molecule has 0 aromatic rings. The van der Waals surface area contributed by atoms with Gasteiger partial charge in [0.25, 0.3) is 0 Å². The zero-order chi connectivity index (χ0) is 7.07. The molecule has 1 aliphatic rings. The molecule has 1 rings (SSSR count). The Bertz CT molecular complexity index is 144. The molecule has 0 aromatic carbocycles. The standard InChI is InChI=1S/C6H11NOS/c1-6(2)3-9-5(8)4(6)7/h4H,3,7H2,1-2H3. The van der Waals surface area contributed by atoms with E-state index in [-0.39, 0.29) is 16.6 Å². The minimum absolute atomic E-state index is 0.0156. The van der Waals surface area contributed by atoms with E-state index in [1.807, 2.05) is 13.8 Å². The van der Waals surface area contributed by atoms with Gasteiger partial charge in [-0.1, -0.05) is 25.6 Å². The third-order valence-corrected chi connectivity index (χ3v) is 3.11. The van der Waals surface area contributed by atoms with Crippen LogP contribution in [0.3, 0.4) is 0 Å². The lowest BCUT2D eigenvalue weighted by atomic mass is 9.89. The third kappa shape index (κ3) is 1.12. The van der Waals surface area contributed by atoms with E-state index in [2.05, 4.69) is 0 Å². The van der Waals surface area contributed by atoms with Gasteiger partial charge in [-0.3, -0.25) is 4.79 Å². The fraction of sp³-hybridized carbons (Fsp3) is 0.833. The van der Waals surface area contributed by atoms with Crippen molar-refractivity contribution in [1.82, 2.24) is 0 Å². The first-order valence-electron chi connectivity index (χ1n) is 2.96. The quantitative estimate of drug-likeness (QED) is 0.543. The fourth-order valence-electron chi connectivity index (χ4n) is 0.756. The largest absolute Gasteiger partial charge is 0.320 e. The van der Waals surface area contributed by atoms with E-state index in [1.165, 1.54) is 11.8 Å². The molecule has 1 heterocycles. The first-order valence-corrected chi connectivity index (χ1v) is 3.95. The summed E-state index contributed by atoms with van der Waals surface area (Å²) >= 11 is 1.35. The van der Waals surface area contributed by atoms with Gasteiger partial charge in [-0.05, 0) is 5.41 Å². The van der Waals surface area contributed by atoms with Crippen molar-refractivity contribution < 1.29 is 4.79 Å². The van der Waals surface area contributed by atoms with E-state index >= 15 is 0 Å². The lowest BCUT2D eigenvalue weighted by molar-refractivity contribution is -0.113. The summed E-state index contributed by atoms with van der Waals surface area (Å²) in [5.41, 5.74) is 5.60. The molecule has 1 fully saturated rings. The molecule has 9 heavy (non-hydrogen) atoms. The van der Waals surface area contributed by atoms with Crippen LogP contribution >= 0.6 is 11.8 Å². The van der Waals surface area contributed by atoms with Gasteiger partial charge >= 0.3 is 0 Å². The zero-order valence-corrected chi connectivity index (χ0v) is 6.49. The molecule has 3 heteroatoms. The second-order valence-electron chi connectivity index (χ2n) is 3.07. The summed E-state index contributed by atoms with van der Waals surface area (Å²) in [5.74, 6) is 0.868. The van der Waals surface area contributed by atoms with E-state index in [4.69, 9.17) is 5.73 Å². The van der Waals surface area contributed by atoms with Crippen LogP contribution in [0.25, 0.3) is 0 Å². The number of rotatable bonds is 0. The summed E-state index contributed by atoms with van der Waals surface area (Å²) < 4.78 is 0. The molecule has 52 valence electrons. The Morgan fingerprint density at radius 2 is 2.33 bits per heavy atom. The van der Waals surface area contributed by atoms with Gasteiger partial charge in [-0.15, -0.1) is 0 Å². The molecule has 1 unspecified atom stereocenters. The van der Waals surface area contributed by atoms with Crippen molar-refractivity contribution in [3.63, 3.8) is 0 Å². The molecule has 1 aliphatic heterocycles. The summed E-state index contributed by atoms with van der Waals surface area (Å²) in [7, 11) is 0. The Balaban J connectivity index is 2.73. The molecule has 0 bridgehead atoms. The van der Waals surface area contributed by atoms with Crippen molar-refractivity contribution in [3.8, 4) is 0 Å². The first-order chi connectivity index (χ1) is 4.04. The summed E-state index contributed by atoms with van der Waals surface area (Å²) in [6.45, 7) is 4.05. The van der Waals surface area contributed by atoms with Crippen LogP contribution < -0.4 is 5.73 Å². The highest BCUT2D eigenvalue weighted by Crippen LogP contribution is 2.34. The van der Waals surface area contributed by atoms with E-state index in [1.54, 1.807) is 0 Å². The molecule has 0 aliphatic carbocycles. The molecule has 1 atom stereocenters. The maximum absolute atomic E-state index is 10.8. The van der Waals surface area contributed by atoms with Crippen LogP contribution in [-0.2, 0) is 4.79 Å². The van der Waals surface area contributed by atoms with Crippen molar-refractivity contribution in [1.29, 1.82) is 0 Å². The second-order valence-corrected chi connectivity index (χ2v) is 4.05. The number of hydrogen-bond acceptors (Lipinski definition) is 3. The Labute approximate surface area is 59.2 Å². The average molecular weight is 145 g/mol. The highest BCUT2D eigenvalue weighted by atomic mass is 32.2. The third-order valence-electron chi connectivity index (χ3n) is 1.68. The van der Waals surface area contributed by atoms with Gasteiger partial charge in [0.1, 0.15) is 0 Å². The van der Waals surface area contributed by atoms with E-state index in [9.17, 15) is 4.79 Å². The first kappa shape index (κ1) is 7.09. The van der Waals surface area contributed by atoms with Crippen molar-refractivity contribution in [3.05, 3.63) is 0 Å². The van der Waals surface area contributed by atoms with Gasteiger partial charge < -0.3 is 5.73 Å². The van der Waals surface area contributed by atoms with Crippen LogP contribution in [0, 0.1) is 5.41 Å².